The molecule has 0 aromatic rings. The zero-order valence-electron chi connectivity index (χ0n) is 9.25. The van der Waals surface area contributed by atoms with Gasteiger partial charge >= 0.3 is 10.4 Å². The van der Waals surface area contributed by atoms with Crippen LogP contribution in [0.5, 0.6) is 0 Å². The Balaban J connectivity index is 0.000000288. The topological polar surface area (TPSA) is 70.1 Å². The van der Waals surface area contributed by atoms with Crippen molar-refractivity contribution in [1.29, 1.82) is 0 Å². The molecule has 1 N–H and O–H groups in total. The zero-order valence-corrected chi connectivity index (χ0v) is 10.1. The van der Waals surface area contributed by atoms with Crippen molar-refractivity contribution < 1.29 is 17.2 Å². The maximum atomic E-state index is 9.33. The first-order valence-electron chi connectivity index (χ1n) is 4.62. The summed E-state index contributed by atoms with van der Waals surface area (Å²) in [6.07, 6.45) is 4.28. The Bertz CT molecular complexity index is 277. The van der Waals surface area contributed by atoms with Crippen LogP contribution in [0.4, 0.5) is 0 Å². The third-order valence-corrected chi connectivity index (χ3v) is 2.30. The van der Waals surface area contributed by atoms with E-state index in [0.717, 1.165) is 26.9 Å². The van der Waals surface area contributed by atoms with E-state index in [4.69, 9.17) is 4.55 Å². The summed E-state index contributed by atoms with van der Waals surface area (Å²) in [4.78, 5) is 4.56. The third-order valence-electron chi connectivity index (χ3n) is 1.87. The molecule has 0 fully saturated rings. The second-order valence-electron chi connectivity index (χ2n) is 2.84. The van der Waals surface area contributed by atoms with Crippen molar-refractivity contribution in [3.05, 3.63) is 12.4 Å². The van der Waals surface area contributed by atoms with Crippen molar-refractivity contribution in [2.24, 2.45) is 0 Å². The molecule has 0 unspecified atom stereocenters. The molecule has 1 aliphatic heterocycles. The van der Waals surface area contributed by atoms with Crippen LogP contribution in [0, 0.1) is 0 Å². The number of rotatable bonds is 3. The molecule has 0 spiro atoms. The van der Waals surface area contributed by atoms with E-state index in [1.165, 1.54) is 0 Å². The molecule has 0 atom stereocenters. The predicted octanol–water partition coefficient (Wildman–Crippen LogP) is 0.508. The van der Waals surface area contributed by atoms with Crippen LogP contribution in [-0.2, 0) is 14.6 Å². The molecule has 0 amide bonds. The molecule has 0 aromatic heterocycles. The van der Waals surface area contributed by atoms with Gasteiger partial charge in [0.2, 0.25) is 0 Å². The van der Waals surface area contributed by atoms with Crippen molar-refractivity contribution in [2.75, 3.05) is 26.9 Å². The van der Waals surface area contributed by atoms with Crippen LogP contribution >= 0.6 is 0 Å². The number of nitrogens with zero attached hydrogens (tertiary/aromatic N) is 2. The lowest BCUT2D eigenvalue weighted by Crippen LogP contribution is -2.24. The highest BCUT2D eigenvalue weighted by molar-refractivity contribution is 7.80. The monoisotopic (exact) mass is 238 g/mol. The average Bonchev–Trinajstić information content (AvgIpc) is 2.65. The Labute approximate surface area is 91.1 Å². The van der Waals surface area contributed by atoms with Crippen LogP contribution in [0.25, 0.3) is 0 Å². The van der Waals surface area contributed by atoms with Crippen molar-refractivity contribution in [3.8, 4) is 0 Å². The summed E-state index contributed by atoms with van der Waals surface area (Å²) in [5.74, 6) is 0. The van der Waals surface area contributed by atoms with Crippen LogP contribution in [0.15, 0.2) is 12.4 Å². The highest BCUT2D eigenvalue weighted by atomic mass is 32.3. The number of hydrogen-bond acceptors (Lipinski definition) is 5. The molecule has 7 heteroatoms. The second-order valence-corrected chi connectivity index (χ2v) is 4.03. The lowest BCUT2D eigenvalue weighted by Gasteiger charge is -2.17. The van der Waals surface area contributed by atoms with Crippen molar-refractivity contribution in [1.82, 2.24) is 9.80 Å². The maximum Gasteiger partial charge on any atom is 0.397 e. The lowest BCUT2D eigenvalue weighted by atomic mass is 10.6. The first-order chi connectivity index (χ1) is 6.92. The van der Waals surface area contributed by atoms with Gasteiger partial charge in [0, 0.05) is 25.5 Å². The predicted molar refractivity (Wildman–Crippen MR) is 57.3 cm³/mol. The molecule has 15 heavy (non-hydrogen) atoms. The largest absolute Gasteiger partial charge is 0.397 e. The molecule has 6 nitrogen and oxygen atoms in total. The van der Waals surface area contributed by atoms with E-state index in [-0.39, 0.29) is 0 Å². The third kappa shape index (κ3) is 7.18. The van der Waals surface area contributed by atoms with Crippen LogP contribution in [0.3, 0.4) is 0 Å². The molecule has 1 rings (SSSR count). The molecule has 0 bridgehead atoms. The van der Waals surface area contributed by atoms with E-state index in [2.05, 4.69) is 40.2 Å². The Hall–Kier alpha value is -0.790. The fourth-order valence-electron chi connectivity index (χ4n) is 0.927. The van der Waals surface area contributed by atoms with Gasteiger partial charge in [-0.05, 0) is 13.8 Å². The fourth-order valence-corrected chi connectivity index (χ4v) is 0.927. The summed E-state index contributed by atoms with van der Waals surface area (Å²) in [7, 11) is -3.29. The molecule has 0 radical (unpaired) electrons. The van der Waals surface area contributed by atoms with Crippen molar-refractivity contribution in [2.45, 2.75) is 13.8 Å². The van der Waals surface area contributed by atoms with Crippen LogP contribution < -0.4 is 0 Å². The van der Waals surface area contributed by atoms with Gasteiger partial charge in [-0.2, -0.15) is 8.42 Å². The molecule has 0 aromatic carbocycles. The van der Waals surface area contributed by atoms with Crippen LogP contribution in [0.2, 0.25) is 0 Å². The highest BCUT2D eigenvalue weighted by Gasteiger charge is 2.06. The minimum Gasteiger partial charge on any atom is -0.359 e. The Morgan fingerprint density at radius 1 is 1.27 bits per heavy atom. The smallest absolute Gasteiger partial charge is 0.359 e. The van der Waals surface area contributed by atoms with Gasteiger partial charge in [0.25, 0.3) is 0 Å². The zero-order chi connectivity index (χ0) is 11.9. The van der Waals surface area contributed by atoms with Gasteiger partial charge in [-0.25, -0.2) is 0 Å². The minimum absolute atomic E-state index is 0.870. The standard InChI is InChI=1S/C7H14N2.CH4O4S/c1-3-8-5-6-9(4-2)7-8;1-5-6(2,3)4/h5-6H,3-4,7H2,1-2H3;1H3,(H,2,3,4). The van der Waals surface area contributed by atoms with E-state index < -0.39 is 10.4 Å². The highest BCUT2D eigenvalue weighted by Crippen LogP contribution is 2.03. The van der Waals surface area contributed by atoms with Crippen LogP contribution in [0.1, 0.15) is 13.8 Å². The SMILES string of the molecule is CCN1C=CN(CC)C1.COS(=O)(=O)O. The van der Waals surface area contributed by atoms with E-state index >= 15 is 0 Å². The lowest BCUT2D eigenvalue weighted by molar-refractivity contribution is 0.282. The summed E-state index contributed by atoms with van der Waals surface area (Å²) >= 11 is 0. The molecule has 0 aliphatic carbocycles. The maximum absolute atomic E-state index is 9.33. The van der Waals surface area contributed by atoms with Gasteiger partial charge in [-0.3, -0.25) is 8.74 Å². The quantitative estimate of drug-likeness (QED) is 0.722. The van der Waals surface area contributed by atoms with Gasteiger partial charge < -0.3 is 9.80 Å². The summed E-state index contributed by atoms with van der Waals surface area (Å²) in [6.45, 7) is 7.65. The first-order valence-corrected chi connectivity index (χ1v) is 5.98. The van der Waals surface area contributed by atoms with Gasteiger partial charge in [0.1, 0.15) is 0 Å². The Morgan fingerprint density at radius 3 is 1.73 bits per heavy atom. The summed E-state index contributed by atoms with van der Waals surface area (Å²) in [5, 5.41) is 0. The number of hydrogen-bond donors (Lipinski definition) is 1. The summed E-state index contributed by atoms with van der Waals surface area (Å²) in [5.41, 5.74) is 0. The first kappa shape index (κ1) is 14.2. The van der Waals surface area contributed by atoms with Gasteiger partial charge in [0.15, 0.2) is 0 Å². The molecule has 0 saturated carbocycles. The average molecular weight is 238 g/mol. The Morgan fingerprint density at radius 2 is 1.60 bits per heavy atom. The van der Waals surface area contributed by atoms with Crippen molar-refractivity contribution in [3.63, 3.8) is 0 Å². The summed E-state index contributed by atoms with van der Waals surface area (Å²) in [6, 6.07) is 0. The van der Waals surface area contributed by atoms with Gasteiger partial charge in [0.05, 0.1) is 13.8 Å². The fraction of sp³-hybridized carbons (Fsp3) is 0.750. The second kappa shape index (κ2) is 6.65. The van der Waals surface area contributed by atoms with Crippen LogP contribution in [-0.4, -0.2) is 49.6 Å². The van der Waals surface area contributed by atoms with E-state index in [1.807, 2.05) is 0 Å². The van der Waals surface area contributed by atoms with Gasteiger partial charge in [-0.15, -0.1) is 0 Å². The summed E-state index contributed by atoms with van der Waals surface area (Å²) < 4.78 is 29.7. The minimum atomic E-state index is -4.16. The van der Waals surface area contributed by atoms with Crippen molar-refractivity contribution >= 4 is 10.4 Å². The molecule has 0 saturated heterocycles. The van der Waals surface area contributed by atoms with E-state index in [1.54, 1.807) is 0 Å². The molecular formula is C8H18N2O4S. The van der Waals surface area contributed by atoms with E-state index in [9.17, 15) is 8.42 Å². The normalized spacial score (nSPS) is 15.2. The van der Waals surface area contributed by atoms with E-state index in [0.29, 0.717) is 0 Å². The molecule has 1 heterocycles. The molecule has 90 valence electrons. The van der Waals surface area contributed by atoms with Gasteiger partial charge in [-0.1, -0.05) is 0 Å². The molecular weight excluding hydrogens is 220 g/mol. The Kier molecular flexibility index (Phi) is 6.30. The molecule has 1 aliphatic rings.